The van der Waals surface area contributed by atoms with Crippen LogP contribution >= 0.6 is 0 Å². The van der Waals surface area contributed by atoms with E-state index in [1.807, 2.05) is 6.08 Å². The molecule has 0 aromatic heterocycles. The lowest BCUT2D eigenvalue weighted by molar-refractivity contribution is -0.153. The van der Waals surface area contributed by atoms with E-state index in [0.717, 1.165) is 6.42 Å². The fourth-order valence-electron chi connectivity index (χ4n) is 2.30. The Morgan fingerprint density at radius 2 is 2.10 bits per heavy atom. The molecule has 0 amide bonds. The van der Waals surface area contributed by atoms with Gasteiger partial charge in [0.15, 0.2) is 0 Å². The van der Waals surface area contributed by atoms with Crippen molar-refractivity contribution in [3.63, 3.8) is 0 Å². The monoisotopic (exact) mass is 284 g/mol. The number of hydrogen-bond acceptors (Lipinski definition) is 6. The van der Waals surface area contributed by atoms with Crippen molar-refractivity contribution >= 4 is 12.1 Å². The molecule has 0 N–H and O–H groups in total. The molecule has 6 nitrogen and oxygen atoms in total. The summed E-state index contributed by atoms with van der Waals surface area (Å²) >= 11 is 0. The molecule has 0 aromatic carbocycles. The van der Waals surface area contributed by atoms with E-state index < -0.39 is 23.1 Å². The van der Waals surface area contributed by atoms with Crippen LogP contribution in [-0.2, 0) is 23.7 Å². The second-order valence-electron chi connectivity index (χ2n) is 6.02. The Morgan fingerprint density at radius 3 is 2.70 bits per heavy atom. The summed E-state index contributed by atoms with van der Waals surface area (Å²) in [5, 5.41) is 0. The van der Waals surface area contributed by atoms with Crippen LogP contribution in [-0.4, -0.2) is 43.7 Å². The Kier molecular flexibility index (Phi) is 3.77. The highest BCUT2D eigenvalue weighted by molar-refractivity contribution is 5.81. The minimum absolute atomic E-state index is 0.00124. The average molecular weight is 284 g/mol. The first kappa shape index (κ1) is 14.8. The van der Waals surface area contributed by atoms with Crippen LogP contribution in [0.2, 0.25) is 0 Å². The molecule has 0 unspecified atom stereocenters. The van der Waals surface area contributed by atoms with E-state index in [-0.39, 0.29) is 18.8 Å². The molecule has 1 heterocycles. The van der Waals surface area contributed by atoms with Crippen molar-refractivity contribution in [2.45, 2.75) is 45.0 Å². The molecule has 1 saturated heterocycles. The third-order valence-electron chi connectivity index (χ3n) is 3.26. The summed E-state index contributed by atoms with van der Waals surface area (Å²) in [6.45, 7) is 5.08. The lowest BCUT2D eigenvalue weighted by atomic mass is 9.79. The summed E-state index contributed by atoms with van der Waals surface area (Å²) in [5.74, 6) is -0.468. The molecule has 20 heavy (non-hydrogen) atoms. The zero-order valence-corrected chi connectivity index (χ0v) is 12.2. The lowest BCUT2D eigenvalue weighted by Crippen LogP contribution is -2.43. The Labute approximate surface area is 118 Å². The van der Waals surface area contributed by atoms with E-state index in [9.17, 15) is 9.59 Å². The summed E-state index contributed by atoms with van der Waals surface area (Å²) in [6.07, 6.45) is 3.22. The Balaban J connectivity index is 2.03. The van der Waals surface area contributed by atoms with E-state index in [0.29, 0.717) is 0 Å². The third-order valence-corrected chi connectivity index (χ3v) is 3.26. The van der Waals surface area contributed by atoms with Gasteiger partial charge in [0.25, 0.3) is 0 Å². The normalized spacial score (nSPS) is 31.2. The first-order valence-corrected chi connectivity index (χ1v) is 6.56. The van der Waals surface area contributed by atoms with E-state index in [2.05, 4.69) is 0 Å². The first-order chi connectivity index (χ1) is 9.28. The van der Waals surface area contributed by atoms with Gasteiger partial charge in [0.1, 0.15) is 23.7 Å². The predicted octanol–water partition coefficient (Wildman–Crippen LogP) is 1.82. The molecule has 3 atom stereocenters. The van der Waals surface area contributed by atoms with E-state index in [1.54, 1.807) is 26.8 Å². The summed E-state index contributed by atoms with van der Waals surface area (Å²) in [7, 11) is 1.30. The molecule has 1 fully saturated rings. The summed E-state index contributed by atoms with van der Waals surface area (Å²) < 4.78 is 20.4. The van der Waals surface area contributed by atoms with Gasteiger partial charge in [-0.15, -0.1) is 0 Å². The van der Waals surface area contributed by atoms with Gasteiger partial charge in [0, 0.05) is 0 Å². The van der Waals surface area contributed by atoms with Gasteiger partial charge in [-0.25, -0.2) is 4.79 Å². The van der Waals surface area contributed by atoms with E-state index in [1.165, 1.54) is 7.11 Å². The van der Waals surface area contributed by atoms with Crippen molar-refractivity contribution in [2.24, 2.45) is 5.41 Å². The number of esters is 1. The predicted molar refractivity (Wildman–Crippen MR) is 69.1 cm³/mol. The number of epoxide rings is 1. The van der Waals surface area contributed by atoms with Crippen LogP contribution < -0.4 is 0 Å². The number of hydrogen-bond donors (Lipinski definition) is 0. The highest BCUT2D eigenvalue weighted by atomic mass is 16.7. The van der Waals surface area contributed by atoms with E-state index in [4.69, 9.17) is 18.9 Å². The van der Waals surface area contributed by atoms with Crippen LogP contribution in [0, 0.1) is 5.41 Å². The van der Waals surface area contributed by atoms with Gasteiger partial charge in [0.2, 0.25) is 0 Å². The number of carbonyl (C=O) groups is 2. The van der Waals surface area contributed by atoms with Crippen LogP contribution in [0.1, 0.15) is 27.2 Å². The SMILES string of the molecule is COC(=O)[C@]1(COC(=O)OC(C)(C)C)C=CC[C@@H]2O[C@@H]21. The molecule has 2 rings (SSSR count). The fraction of sp³-hybridized carbons (Fsp3) is 0.714. The Hall–Kier alpha value is -1.56. The second kappa shape index (κ2) is 5.09. The maximum absolute atomic E-state index is 12.0. The largest absolute Gasteiger partial charge is 0.508 e. The second-order valence-corrected chi connectivity index (χ2v) is 6.02. The molecule has 0 saturated carbocycles. The van der Waals surface area contributed by atoms with Gasteiger partial charge in [-0.05, 0) is 27.2 Å². The van der Waals surface area contributed by atoms with Crippen LogP contribution in [0.15, 0.2) is 12.2 Å². The molecule has 112 valence electrons. The van der Waals surface area contributed by atoms with Gasteiger partial charge < -0.3 is 18.9 Å². The van der Waals surface area contributed by atoms with Crippen molar-refractivity contribution in [1.82, 2.24) is 0 Å². The molecule has 0 spiro atoms. The zero-order valence-electron chi connectivity index (χ0n) is 12.2. The molecular formula is C14H20O6. The highest BCUT2D eigenvalue weighted by Crippen LogP contribution is 2.46. The van der Waals surface area contributed by atoms with Gasteiger partial charge in [-0.1, -0.05) is 12.2 Å². The topological polar surface area (TPSA) is 74.4 Å². The van der Waals surface area contributed by atoms with Crippen LogP contribution in [0.5, 0.6) is 0 Å². The van der Waals surface area contributed by atoms with Crippen molar-refractivity contribution in [3.05, 3.63) is 12.2 Å². The standard InChI is InChI=1S/C14H20O6/c1-13(2,3)20-12(16)18-8-14(11(15)17-4)7-5-6-9-10(14)19-9/h5,7,9-10H,6,8H2,1-4H3/t9-,10-,14-/m0/s1. The molecule has 0 radical (unpaired) electrons. The molecular weight excluding hydrogens is 264 g/mol. The van der Waals surface area contributed by atoms with Crippen molar-refractivity contribution < 1.29 is 28.5 Å². The first-order valence-electron chi connectivity index (χ1n) is 6.56. The Morgan fingerprint density at radius 1 is 1.40 bits per heavy atom. The lowest BCUT2D eigenvalue weighted by Gasteiger charge is -2.28. The summed E-state index contributed by atoms with van der Waals surface area (Å²) in [6, 6.07) is 0. The molecule has 0 aromatic rings. The van der Waals surface area contributed by atoms with Crippen LogP contribution in [0.25, 0.3) is 0 Å². The van der Waals surface area contributed by atoms with Crippen LogP contribution in [0.4, 0.5) is 4.79 Å². The Bertz CT molecular complexity index is 435. The zero-order chi connectivity index (χ0) is 15.0. The van der Waals surface area contributed by atoms with Gasteiger partial charge in [-0.2, -0.15) is 0 Å². The summed E-state index contributed by atoms with van der Waals surface area (Å²) in [4.78, 5) is 23.7. The number of ether oxygens (including phenoxy) is 4. The van der Waals surface area contributed by atoms with Gasteiger partial charge >= 0.3 is 12.1 Å². The molecule has 6 heteroatoms. The average Bonchev–Trinajstić information content (AvgIpc) is 3.13. The smallest absolute Gasteiger partial charge is 0.468 e. The molecule has 2 aliphatic rings. The third kappa shape index (κ3) is 2.95. The van der Waals surface area contributed by atoms with Crippen molar-refractivity contribution in [1.29, 1.82) is 0 Å². The van der Waals surface area contributed by atoms with E-state index >= 15 is 0 Å². The fourth-order valence-corrected chi connectivity index (χ4v) is 2.30. The number of methoxy groups -OCH3 is 1. The van der Waals surface area contributed by atoms with Gasteiger partial charge in [-0.3, -0.25) is 4.79 Å². The van der Waals surface area contributed by atoms with Crippen molar-refractivity contribution in [3.8, 4) is 0 Å². The minimum atomic E-state index is -1.06. The molecule has 1 aliphatic carbocycles. The maximum atomic E-state index is 12.0. The molecule has 0 bridgehead atoms. The molecule has 1 aliphatic heterocycles. The highest BCUT2D eigenvalue weighted by Gasteiger charge is 2.60. The van der Waals surface area contributed by atoms with Crippen molar-refractivity contribution in [2.75, 3.05) is 13.7 Å². The number of rotatable bonds is 3. The van der Waals surface area contributed by atoms with Crippen LogP contribution in [0.3, 0.4) is 0 Å². The quantitative estimate of drug-likeness (QED) is 0.447. The van der Waals surface area contributed by atoms with Gasteiger partial charge in [0.05, 0.1) is 13.2 Å². The minimum Gasteiger partial charge on any atom is -0.468 e. The number of fused-ring (bicyclic) bond motifs is 1. The summed E-state index contributed by atoms with van der Waals surface area (Å²) in [5.41, 5.74) is -1.70. The maximum Gasteiger partial charge on any atom is 0.508 e. The number of carbonyl (C=O) groups excluding carboxylic acids is 2.